The summed E-state index contributed by atoms with van der Waals surface area (Å²) in [6.07, 6.45) is 0. The van der Waals surface area contributed by atoms with Gasteiger partial charge in [-0.2, -0.15) is 0 Å². The number of carbonyl (C=O) groups is 2. The number of esters is 1. The number of benzene rings is 2. The molecule has 1 N–H and O–H groups in total. The van der Waals surface area contributed by atoms with Crippen molar-refractivity contribution in [2.24, 2.45) is 0 Å². The standard InChI is InChI=1S/C23H23N5O3S/c1-4-31-23(30)15-9-5-6-10-16(15)24-19(29)13-32-22-21-27-26-20(14(2)3)28(21)18-12-8-7-11-17(18)25-22/h5-12,14H,4,13H2,1-3H3,(H,24,29). The van der Waals surface area contributed by atoms with Crippen molar-refractivity contribution in [3.05, 3.63) is 59.9 Å². The number of carbonyl (C=O) groups excluding carboxylic acids is 2. The first-order valence-corrected chi connectivity index (χ1v) is 11.3. The number of anilines is 1. The van der Waals surface area contributed by atoms with Crippen molar-refractivity contribution in [1.82, 2.24) is 19.6 Å². The van der Waals surface area contributed by atoms with Crippen LogP contribution in [-0.2, 0) is 9.53 Å². The molecule has 2 aromatic carbocycles. The Labute approximate surface area is 189 Å². The number of rotatable bonds is 7. The van der Waals surface area contributed by atoms with Crippen LogP contribution in [0.2, 0.25) is 0 Å². The molecule has 2 heterocycles. The molecule has 4 rings (SSSR count). The van der Waals surface area contributed by atoms with E-state index in [9.17, 15) is 9.59 Å². The van der Waals surface area contributed by atoms with E-state index in [1.165, 1.54) is 11.8 Å². The van der Waals surface area contributed by atoms with Gasteiger partial charge in [0.15, 0.2) is 5.65 Å². The second kappa shape index (κ2) is 9.35. The zero-order valence-corrected chi connectivity index (χ0v) is 18.8. The number of nitrogens with zero attached hydrogens (tertiary/aromatic N) is 4. The lowest BCUT2D eigenvalue weighted by Crippen LogP contribution is -2.17. The Morgan fingerprint density at radius 3 is 2.62 bits per heavy atom. The Balaban J connectivity index is 1.59. The third kappa shape index (κ3) is 4.29. The molecule has 4 aromatic rings. The number of fused-ring (bicyclic) bond motifs is 3. The van der Waals surface area contributed by atoms with Crippen molar-refractivity contribution in [3.8, 4) is 0 Å². The van der Waals surface area contributed by atoms with Crippen LogP contribution in [0.15, 0.2) is 53.6 Å². The molecule has 1 amide bonds. The summed E-state index contributed by atoms with van der Waals surface area (Å²) >= 11 is 1.28. The summed E-state index contributed by atoms with van der Waals surface area (Å²) < 4.78 is 7.07. The highest BCUT2D eigenvalue weighted by Crippen LogP contribution is 2.28. The van der Waals surface area contributed by atoms with Gasteiger partial charge in [0, 0.05) is 5.92 Å². The fourth-order valence-electron chi connectivity index (χ4n) is 3.35. The summed E-state index contributed by atoms with van der Waals surface area (Å²) in [5.41, 5.74) is 3.08. The third-order valence-electron chi connectivity index (χ3n) is 4.78. The van der Waals surface area contributed by atoms with Gasteiger partial charge in [0.05, 0.1) is 34.6 Å². The number of ether oxygens (including phenoxy) is 1. The molecule has 164 valence electrons. The Kier molecular flexibility index (Phi) is 6.36. The van der Waals surface area contributed by atoms with Gasteiger partial charge in [-0.3, -0.25) is 9.20 Å². The maximum absolute atomic E-state index is 12.7. The van der Waals surface area contributed by atoms with Crippen LogP contribution in [0.5, 0.6) is 0 Å². The number of hydrogen-bond donors (Lipinski definition) is 1. The largest absolute Gasteiger partial charge is 0.462 e. The van der Waals surface area contributed by atoms with E-state index in [1.807, 2.05) is 28.7 Å². The molecule has 0 fully saturated rings. The SMILES string of the molecule is CCOC(=O)c1ccccc1NC(=O)CSc1nc2ccccc2n2c(C(C)C)nnc12. The van der Waals surface area contributed by atoms with Gasteiger partial charge in [-0.25, -0.2) is 9.78 Å². The van der Waals surface area contributed by atoms with Crippen molar-refractivity contribution in [1.29, 1.82) is 0 Å². The van der Waals surface area contributed by atoms with Crippen LogP contribution < -0.4 is 5.32 Å². The normalized spacial score (nSPS) is 11.2. The minimum atomic E-state index is -0.473. The maximum Gasteiger partial charge on any atom is 0.340 e. The molecule has 9 heteroatoms. The average Bonchev–Trinajstić information content (AvgIpc) is 3.24. The predicted octanol–water partition coefficient (Wildman–Crippen LogP) is 4.31. The average molecular weight is 450 g/mol. The highest BCUT2D eigenvalue weighted by atomic mass is 32.2. The van der Waals surface area contributed by atoms with Gasteiger partial charge in [-0.05, 0) is 31.2 Å². The molecule has 2 aromatic heterocycles. The number of amides is 1. The maximum atomic E-state index is 12.7. The second-order valence-corrected chi connectivity index (χ2v) is 8.34. The van der Waals surface area contributed by atoms with Crippen LogP contribution in [0.25, 0.3) is 16.7 Å². The van der Waals surface area contributed by atoms with E-state index in [4.69, 9.17) is 9.72 Å². The quantitative estimate of drug-likeness (QED) is 0.332. The van der Waals surface area contributed by atoms with Crippen molar-refractivity contribution in [2.45, 2.75) is 31.7 Å². The monoisotopic (exact) mass is 449 g/mol. The van der Waals surface area contributed by atoms with Gasteiger partial charge >= 0.3 is 5.97 Å². The topological polar surface area (TPSA) is 98.5 Å². The van der Waals surface area contributed by atoms with Crippen molar-refractivity contribution >= 4 is 46.0 Å². The fraction of sp³-hybridized carbons (Fsp3) is 0.261. The van der Waals surface area contributed by atoms with Crippen LogP contribution >= 0.6 is 11.8 Å². The molecule has 0 unspecified atom stereocenters. The van der Waals surface area contributed by atoms with Gasteiger partial charge in [0.1, 0.15) is 10.9 Å². The second-order valence-electron chi connectivity index (χ2n) is 7.38. The molecule has 0 aliphatic rings. The zero-order chi connectivity index (χ0) is 22.7. The molecule has 8 nitrogen and oxygen atoms in total. The molecule has 0 saturated carbocycles. The van der Waals surface area contributed by atoms with E-state index in [1.54, 1.807) is 31.2 Å². The molecular formula is C23H23N5O3S. The number of nitrogens with one attached hydrogen (secondary N) is 1. The summed E-state index contributed by atoms with van der Waals surface area (Å²) in [6, 6.07) is 14.6. The van der Waals surface area contributed by atoms with Gasteiger partial charge in [0.25, 0.3) is 0 Å². The number of para-hydroxylation sites is 3. The van der Waals surface area contributed by atoms with Gasteiger partial charge < -0.3 is 10.1 Å². The van der Waals surface area contributed by atoms with Gasteiger partial charge in [-0.1, -0.05) is 49.9 Å². The first kappa shape index (κ1) is 21.8. The molecule has 0 aliphatic carbocycles. The van der Waals surface area contributed by atoms with Crippen LogP contribution in [0.4, 0.5) is 5.69 Å². The molecule has 0 bridgehead atoms. The van der Waals surface area contributed by atoms with Gasteiger partial charge in [-0.15, -0.1) is 10.2 Å². The minimum Gasteiger partial charge on any atom is -0.462 e. The fourth-order valence-corrected chi connectivity index (χ4v) is 4.11. The first-order chi connectivity index (χ1) is 15.5. The summed E-state index contributed by atoms with van der Waals surface area (Å²) in [7, 11) is 0. The number of hydrogen-bond acceptors (Lipinski definition) is 7. The lowest BCUT2D eigenvalue weighted by atomic mass is 10.2. The lowest BCUT2D eigenvalue weighted by Gasteiger charge is -2.11. The Morgan fingerprint density at radius 2 is 1.84 bits per heavy atom. The smallest absolute Gasteiger partial charge is 0.340 e. The lowest BCUT2D eigenvalue weighted by molar-refractivity contribution is -0.113. The molecule has 0 saturated heterocycles. The van der Waals surface area contributed by atoms with E-state index < -0.39 is 5.97 Å². The Bertz CT molecular complexity index is 1300. The summed E-state index contributed by atoms with van der Waals surface area (Å²) in [5.74, 6) is 0.383. The zero-order valence-electron chi connectivity index (χ0n) is 18.0. The molecule has 0 aliphatic heterocycles. The highest BCUT2D eigenvalue weighted by Gasteiger charge is 2.19. The van der Waals surface area contributed by atoms with Crippen LogP contribution in [0, 0.1) is 0 Å². The molecule has 0 atom stereocenters. The third-order valence-corrected chi connectivity index (χ3v) is 5.73. The predicted molar refractivity (Wildman–Crippen MR) is 124 cm³/mol. The first-order valence-electron chi connectivity index (χ1n) is 10.3. The number of aromatic nitrogens is 4. The van der Waals surface area contributed by atoms with Crippen LogP contribution in [-0.4, -0.2) is 43.8 Å². The van der Waals surface area contributed by atoms with E-state index >= 15 is 0 Å². The Morgan fingerprint density at radius 1 is 1.09 bits per heavy atom. The minimum absolute atomic E-state index is 0.0992. The summed E-state index contributed by atoms with van der Waals surface area (Å²) in [6.45, 7) is 6.12. The van der Waals surface area contributed by atoms with E-state index in [0.29, 0.717) is 21.9 Å². The van der Waals surface area contributed by atoms with Crippen LogP contribution in [0.3, 0.4) is 0 Å². The summed E-state index contributed by atoms with van der Waals surface area (Å²) in [5, 5.41) is 12.1. The van der Waals surface area contributed by atoms with Crippen LogP contribution in [0.1, 0.15) is 42.9 Å². The number of thioether (sulfide) groups is 1. The molecular weight excluding hydrogens is 426 g/mol. The molecule has 32 heavy (non-hydrogen) atoms. The van der Waals surface area contributed by atoms with Crippen molar-refractivity contribution in [3.63, 3.8) is 0 Å². The van der Waals surface area contributed by atoms with E-state index in [0.717, 1.165) is 16.9 Å². The van der Waals surface area contributed by atoms with Gasteiger partial charge in [0.2, 0.25) is 5.91 Å². The molecule has 0 radical (unpaired) electrons. The van der Waals surface area contributed by atoms with Crippen molar-refractivity contribution < 1.29 is 14.3 Å². The van der Waals surface area contributed by atoms with E-state index in [2.05, 4.69) is 29.4 Å². The highest BCUT2D eigenvalue weighted by molar-refractivity contribution is 8.00. The summed E-state index contributed by atoms with van der Waals surface area (Å²) in [4.78, 5) is 29.5. The Hall–Kier alpha value is -3.46. The van der Waals surface area contributed by atoms with Crippen molar-refractivity contribution in [2.75, 3.05) is 17.7 Å². The van der Waals surface area contributed by atoms with E-state index in [-0.39, 0.29) is 24.2 Å². The molecule has 0 spiro atoms.